The van der Waals surface area contributed by atoms with Crippen LogP contribution < -0.4 is 14.5 Å². The van der Waals surface area contributed by atoms with Crippen molar-refractivity contribution >= 4 is 76.1 Å². The number of nitrogens with zero attached hydrogens (tertiary/aromatic N) is 4. The molecule has 12 aromatic rings. The van der Waals surface area contributed by atoms with E-state index in [0.717, 1.165) is 67.2 Å². The molecule has 0 spiro atoms. The molecule has 13 rings (SSSR count). The second-order valence-corrected chi connectivity index (χ2v) is 29.7. The summed E-state index contributed by atoms with van der Waals surface area (Å²) < 4.78 is 57.9. The van der Waals surface area contributed by atoms with Gasteiger partial charge < -0.3 is 14.5 Å². The number of anilines is 4. The van der Waals surface area contributed by atoms with Crippen molar-refractivity contribution in [1.29, 1.82) is 0 Å². The Balaban J connectivity index is 1.05. The highest BCUT2D eigenvalue weighted by Gasteiger charge is 2.34. The third-order valence-corrected chi connectivity index (χ3v) is 18.5. The lowest BCUT2D eigenvalue weighted by molar-refractivity contribution is 0.483. The first-order chi connectivity index (χ1) is 42.9. The first-order valence-corrected chi connectivity index (χ1v) is 31.0. The van der Waals surface area contributed by atoms with Crippen LogP contribution in [-0.2, 0) is 27.1 Å². The number of fused-ring (bicyclic) bond motifs is 8. The van der Waals surface area contributed by atoms with Gasteiger partial charge in [-0.25, -0.2) is 4.98 Å². The van der Waals surface area contributed by atoms with E-state index in [-0.39, 0.29) is 56.8 Å². The van der Waals surface area contributed by atoms with Crippen LogP contribution in [0.25, 0.3) is 81.2 Å². The first-order valence-electron chi connectivity index (χ1n) is 32.7. The Labute approximate surface area is 520 Å². The van der Waals surface area contributed by atoms with Gasteiger partial charge in [0.25, 0.3) is 0 Å². The Morgan fingerprint density at radius 3 is 1.74 bits per heavy atom. The fourth-order valence-electron chi connectivity index (χ4n) is 12.7. The number of benzene rings is 9. The third-order valence-electron chi connectivity index (χ3n) is 17.3. The molecule has 86 heavy (non-hydrogen) atoms. The topological polar surface area (TPSA) is 33.5 Å². The monoisotopic (exact) mass is 1150 g/mol. The average molecular weight is 1150 g/mol. The molecule has 4 heterocycles. The molecule has 0 bridgehead atoms. The Morgan fingerprint density at radius 2 is 1.08 bits per heavy atom. The van der Waals surface area contributed by atoms with Crippen LogP contribution in [0.3, 0.4) is 0 Å². The van der Waals surface area contributed by atoms with Crippen LogP contribution in [0.4, 0.5) is 22.7 Å². The fourth-order valence-corrected chi connectivity index (χ4v) is 14.0. The summed E-state index contributed by atoms with van der Waals surface area (Å²) >= 11 is 1.83. The summed E-state index contributed by atoms with van der Waals surface area (Å²) in [6.07, 6.45) is 1.93. The van der Waals surface area contributed by atoms with E-state index in [1.54, 1.807) is 0 Å². The van der Waals surface area contributed by atoms with Gasteiger partial charge in [-0.05, 0) is 138 Å². The summed E-state index contributed by atoms with van der Waals surface area (Å²) in [5, 5.41) is 4.78. The molecule has 0 saturated heterocycles. The van der Waals surface area contributed by atoms with Crippen LogP contribution in [0.5, 0.6) is 11.5 Å². The summed E-state index contributed by atoms with van der Waals surface area (Å²) in [5.41, 5.74) is 15.3. The van der Waals surface area contributed by atoms with Crippen molar-refractivity contribution < 1.29 is 11.6 Å². The molecule has 0 saturated carbocycles. The van der Waals surface area contributed by atoms with Crippen molar-refractivity contribution in [3.05, 3.63) is 228 Å². The van der Waals surface area contributed by atoms with Crippen LogP contribution in [0.2, 0.25) is 0 Å². The minimum atomic E-state index is -0.429. The first kappa shape index (κ1) is 50.8. The summed E-state index contributed by atoms with van der Waals surface area (Å²) in [4.78, 5) is 9.71. The van der Waals surface area contributed by atoms with E-state index in [4.69, 9.17) is 13.8 Å². The molecular weight excluding hydrogens is 1060 g/mol. The van der Waals surface area contributed by atoms with Gasteiger partial charge in [-0.1, -0.05) is 225 Å². The van der Waals surface area contributed by atoms with Crippen molar-refractivity contribution in [3.63, 3.8) is 0 Å². The zero-order valence-electron chi connectivity index (χ0n) is 57.5. The van der Waals surface area contributed by atoms with Gasteiger partial charge in [-0.15, -0.1) is 11.3 Å². The van der Waals surface area contributed by atoms with Crippen LogP contribution in [0.15, 0.2) is 200 Å². The van der Waals surface area contributed by atoms with Gasteiger partial charge in [0.1, 0.15) is 24.0 Å². The number of ether oxygens (including phenoxy) is 1. The zero-order chi connectivity index (χ0) is 64.8. The number of hydrogen-bond donors (Lipinski definition) is 0. The molecule has 6 heteroatoms. The SMILES string of the molecule is [2H]c1c([2H])c([2H])c(-c2cccc(-c3cc(C(C)(C)C)cc(C(C)(C)C)c3)c2N2CN(c3cc(Oc4ccc5c6c7sc8ccccc8c7ccc6n(-c6cc(C(C)(C)C)ccn6)c5c4)cc(-c4c(C(C)(C)C)cccc4C(C)(C)C)c3)c3ccccc32)c([2H])c1[2H]. The minimum Gasteiger partial charge on any atom is -0.457 e. The van der Waals surface area contributed by atoms with Crippen molar-refractivity contribution in [3.8, 4) is 50.7 Å². The normalized spacial score (nSPS) is 14.2. The van der Waals surface area contributed by atoms with Crippen molar-refractivity contribution in [2.75, 3.05) is 16.5 Å². The Morgan fingerprint density at radius 1 is 0.465 bits per heavy atom. The highest BCUT2D eigenvalue weighted by atomic mass is 32.1. The number of hydrogen-bond acceptors (Lipinski definition) is 5. The van der Waals surface area contributed by atoms with Crippen molar-refractivity contribution in [2.24, 2.45) is 0 Å². The standard InChI is InChI=1S/C80H80N4OS/c1-76(2,3)53-39-40-81-71(46-53)84-68-38-37-62-61-27-19-22-34-70(61)86-75(62)73(68)63-36-35-57(48-69(63)84)85-58-44-52(72-64(79(10,11)12)30-24-31-65(72)80(13,14)15)43-56(47-58)82-49-83(67-33-21-20-32-66(67)82)74-59(50-25-17-16-18-26-50)28-23-29-60(74)51-41-54(77(4,5)6)45-55(42-51)78(7,8)9/h16-48H,49H2,1-15H3/i16D,17D,18D,25D,26D. The molecule has 0 radical (unpaired) electrons. The van der Waals surface area contributed by atoms with E-state index in [0.29, 0.717) is 23.7 Å². The Bertz CT molecular complexity index is 4850. The number of pyridine rings is 1. The molecule has 1 aliphatic rings. The molecule has 5 nitrogen and oxygen atoms in total. The minimum absolute atomic E-state index is 0.109. The summed E-state index contributed by atoms with van der Waals surface area (Å²) in [5.74, 6) is 2.17. The molecule has 0 unspecified atom stereocenters. The van der Waals surface area contributed by atoms with Crippen LogP contribution in [0, 0.1) is 0 Å². The van der Waals surface area contributed by atoms with Gasteiger partial charge in [0.05, 0.1) is 34.9 Å². The van der Waals surface area contributed by atoms with Crippen LogP contribution >= 0.6 is 11.3 Å². The molecule has 9 aromatic carbocycles. The zero-order valence-corrected chi connectivity index (χ0v) is 53.3. The van der Waals surface area contributed by atoms with Gasteiger partial charge in [0.2, 0.25) is 0 Å². The van der Waals surface area contributed by atoms with E-state index in [2.05, 4.69) is 270 Å². The third kappa shape index (κ3) is 10.1. The number of rotatable bonds is 8. The smallest absolute Gasteiger partial charge is 0.137 e. The lowest BCUT2D eigenvalue weighted by Crippen LogP contribution is -2.25. The Kier molecular flexibility index (Phi) is 12.2. The van der Waals surface area contributed by atoms with Crippen LogP contribution in [0.1, 0.15) is 139 Å². The molecule has 432 valence electrons. The van der Waals surface area contributed by atoms with Gasteiger partial charge in [-0.3, -0.25) is 4.57 Å². The quantitative estimate of drug-likeness (QED) is 0.152. The number of thiophene rings is 1. The maximum absolute atomic E-state index is 9.50. The van der Waals surface area contributed by atoms with Gasteiger partial charge in [0, 0.05) is 66.1 Å². The molecule has 1 aliphatic heterocycles. The molecule has 3 aromatic heterocycles. The molecule has 0 aliphatic carbocycles. The predicted molar refractivity (Wildman–Crippen MR) is 370 cm³/mol. The highest BCUT2D eigenvalue weighted by molar-refractivity contribution is 7.26. The van der Waals surface area contributed by atoms with E-state index >= 15 is 0 Å². The predicted octanol–water partition coefficient (Wildman–Crippen LogP) is 23.1. The molecule has 0 atom stereocenters. The number of para-hydroxylation sites is 3. The molecule has 0 amide bonds. The molecular formula is C80H80N4OS. The summed E-state index contributed by atoms with van der Waals surface area (Å²) in [7, 11) is 0. The maximum atomic E-state index is 9.50. The van der Waals surface area contributed by atoms with E-state index < -0.39 is 6.04 Å². The van der Waals surface area contributed by atoms with Gasteiger partial charge in [-0.2, -0.15) is 0 Å². The maximum Gasteiger partial charge on any atom is 0.137 e. The summed E-state index contributed by atoms with van der Waals surface area (Å²) in [6.45, 7) is 34.2. The van der Waals surface area contributed by atoms with Crippen LogP contribution in [-0.4, -0.2) is 16.2 Å². The summed E-state index contributed by atoms with van der Waals surface area (Å²) in [6, 6.07) is 57.0. The second kappa shape index (κ2) is 20.6. The Hall–Kier alpha value is -8.45. The number of aromatic nitrogens is 2. The van der Waals surface area contributed by atoms with Crippen molar-refractivity contribution in [1.82, 2.24) is 9.55 Å². The fraction of sp³-hybridized carbons (Fsp3) is 0.263. The largest absolute Gasteiger partial charge is 0.457 e. The molecule has 0 N–H and O–H groups in total. The van der Waals surface area contributed by atoms with Gasteiger partial charge >= 0.3 is 0 Å². The van der Waals surface area contributed by atoms with Gasteiger partial charge in [0.15, 0.2) is 0 Å². The van der Waals surface area contributed by atoms with E-state index in [9.17, 15) is 2.74 Å². The van der Waals surface area contributed by atoms with E-state index in [1.807, 2.05) is 29.7 Å². The van der Waals surface area contributed by atoms with Crippen molar-refractivity contribution in [2.45, 2.75) is 131 Å². The van der Waals surface area contributed by atoms with E-state index in [1.165, 1.54) is 53.4 Å². The average Bonchev–Trinajstić information content (AvgIpc) is 1.63. The molecule has 0 fully saturated rings. The lowest BCUT2D eigenvalue weighted by atomic mass is 9.74. The highest BCUT2D eigenvalue weighted by Crippen LogP contribution is 2.53. The lowest BCUT2D eigenvalue weighted by Gasteiger charge is -2.31. The second-order valence-electron chi connectivity index (χ2n) is 28.6.